The van der Waals surface area contributed by atoms with Crippen molar-refractivity contribution in [2.45, 2.75) is 24.0 Å². The van der Waals surface area contributed by atoms with Gasteiger partial charge in [-0.25, -0.2) is 15.0 Å². The molecule has 1 aliphatic carbocycles. The summed E-state index contributed by atoms with van der Waals surface area (Å²) >= 11 is -0.337. The molecule has 31 heavy (non-hydrogen) atoms. The van der Waals surface area contributed by atoms with Crippen molar-refractivity contribution in [2.24, 2.45) is 18.9 Å². The summed E-state index contributed by atoms with van der Waals surface area (Å²) in [5.74, 6) is 2.95. The Hall–Kier alpha value is -2.40. The number of piperidine rings is 1. The van der Waals surface area contributed by atoms with Crippen LogP contribution in [0.15, 0.2) is 35.5 Å². The molecule has 0 spiro atoms. The molecule has 2 atom stereocenters. The molecule has 4 heterocycles. The van der Waals surface area contributed by atoms with E-state index >= 15 is 0 Å². The van der Waals surface area contributed by atoms with Crippen LogP contribution in [0.2, 0.25) is 0 Å². The van der Waals surface area contributed by atoms with Crippen molar-refractivity contribution in [3.05, 3.63) is 42.0 Å². The van der Waals surface area contributed by atoms with Gasteiger partial charge in [-0.3, -0.25) is 4.90 Å². The van der Waals surface area contributed by atoms with Gasteiger partial charge in [0.05, 0.1) is 36.9 Å². The van der Waals surface area contributed by atoms with Gasteiger partial charge in [-0.05, 0) is 36.5 Å². The number of pyridine rings is 2. The Balaban J connectivity index is 0.000000153. The Kier molecular flexibility index (Phi) is 6.07. The van der Waals surface area contributed by atoms with E-state index in [0.717, 1.165) is 35.4 Å². The standard InChI is InChI=1S/C13H16N4.C7H5F4NOS/c1-16-11-3-2-4-14-13(11)15-12(16)8-17-6-9-5-10(9)7-17;1-13-6-5(14-11)2-4(3-12-6)7(8,9)10/h2-4,9-10H,5-8H2,1H3;2-3H,1H3. The Morgan fingerprint density at radius 1 is 1.23 bits per heavy atom. The van der Waals surface area contributed by atoms with Crippen molar-refractivity contribution in [3.63, 3.8) is 0 Å². The molecule has 11 heteroatoms. The molecule has 0 amide bonds. The van der Waals surface area contributed by atoms with Crippen molar-refractivity contribution in [3.8, 4) is 5.88 Å². The molecule has 0 aromatic carbocycles. The molecule has 0 bridgehead atoms. The first-order valence-electron chi connectivity index (χ1n) is 9.68. The summed E-state index contributed by atoms with van der Waals surface area (Å²) in [4.78, 5) is 14.5. The third-order valence-electron chi connectivity index (χ3n) is 5.59. The highest BCUT2D eigenvalue weighted by atomic mass is 32.2. The molecule has 1 saturated carbocycles. The lowest BCUT2D eigenvalue weighted by molar-refractivity contribution is -0.138. The van der Waals surface area contributed by atoms with Gasteiger partial charge in [-0.1, -0.05) is 0 Å². The van der Waals surface area contributed by atoms with E-state index in [1.807, 2.05) is 12.3 Å². The topological polar surface area (TPSA) is 56.1 Å². The lowest BCUT2D eigenvalue weighted by Gasteiger charge is -2.16. The first-order chi connectivity index (χ1) is 14.8. The summed E-state index contributed by atoms with van der Waals surface area (Å²) in [7, 11) is 3.29. The molecule has 1 saturated heterocycles. The summed E-state index contributed by atoms with van der Waals surface area (Å²) in [6, 6.07) is 4.70. The SMILES string of the molecule is COc1ncc(C(F)(F)F)cc1SF.Cn1c(CN2CC3CC3C2)nc2ncccc21. The minimum atomic E-state index is -4.52. The Morgan fingerprint density at radius 3 is 2.58 bits per heavy atom. The van der Waals surface area contributed by atoms with Crippen LogP contribution in [-0.4, -0.2) is 44.6 Å². The first kappa shape index (κ1) is 21.8. The van der Waals surface area contributed by atoms with Crippen LogP contribution in [0.3, 0.4) is 0 Å². The number of aryl methyl sites for hydroxylation is 1. The maximum atomic E-state index is 12.2. The highest BCUT2D eigenvalue weighted by Gasteiger charge is 2.45. The number of methoxy groups -OCH3 is 1. The number of imidazole rings is 1. The summed E-state index contributed by atoms with van der Waals surface area (Å²) in [6.45, 7) is 3.50. The number of hydrogen-bond acceptors (Lipinski definition) is 6. The number of halogens is 4. The third-order valence-corrected chi connectivity index (χ3v) is 6.05. The second-order valence-corrected chi connectivity index (χ2v) is 8.28. The van der Waals surface area contributed by atoms with Crippen LogP contribution in [0.4, 0.5) is 17.1 Å². The second kappa shape index (κ2) is 8.62. The smallest absolute Gasteiger partial charge is 0.417 e. The van der Waals surface area contributed by atoms with Gasteiger partial charge in [0, 0.05) is 32.5 Å². The van der Waals surface area contributed by atoms with Gasteiger partial charge in [-0.2, -0.15) is 17.1 Å². The average Bonchev–Trinajstić information content (AvgIpc) is 3.24. The van der Waals surface area contributed by atoms with Crippen molar-refractivity contribution < 1.29 is 21.8 Å². The monoisotopic (exact) mass is 455 g/mol. The Morgan fingerprint density at radius 2 is 1.97 bits per heavy atom. The van der Waals surface area contributed by atoms with Crippen LogP contribution in [0.5, 0.6) is 5.88 Å². The quantitative estimate of drug-likeness (QED) is 0.540. The molecule has 2 unspecified atom stereocenters. The summed E-state index contributed by atoms with van der Waals surface area (Å²) < 4.78 is 55.3. The number of ether oxygens (including phenoxy) is 1. The van der Waals surface area contributed by atoms with E-state index in [1.54, 1.807) is 0 Å². The lowest BCUT2D eigenvalue weighted by Crippen LogP contribution is -2.23. The Labute approximate surface area is 180 Å². The lowest BCUT2D eigenvalue weighted by atomic mass is 10.3. The van der Waals surface area contributed by atoms with Gasteiger partial charge >= 0.3 is 6.18 Å². The van der Waals surface area contributed by atoms with Crippen molar-refractivity contribution in [2.75, 3.05) is 20.2 Å². The minimum Gasteiger partial charge on any atom is -0.480 e. The first-order valence-corrected chi connectivity index (χ1v) is 10.4. The third kappa shape index (κ3) is 4.77. The van der Waals surface area contributed by atoms with E-state index in [4.69, 9.17) is 0 Å². The Bertz CT molecular complexity index is 1060. The predicted molar refractivity (Wildman–Crippen MR) is 108 cm³/mol. The molecule has 6 nitrogen and oxygen atoms in total. The van der Waals surface area contributed by atoms with E-state index in [1.165, 1.54) is 26.6 Å². The fraction of sp³-hybridized carbons (Fsp3) is 0.450. The van der Waals surface area contributed by atoms with Crippen LogP contribution >= 0.6 is 12.1 Å². The van der Waals surface area contributed by atoms with Gasteiger partial charge in [0.1, 0.15) is 10.7 Å². The van der Waals surface area contributed by atoms with E-state index in [0.29, 0.717) is 12.3 Å². The number of alkyl halides is 3. The number of aromatic nitrogens is 4. The molecular weight excluding hydrogens is 434 g/mol. The number of nitrogens with zero attached hydrogens (tertiary/aromatic N) is 5. The molecule has 2 aliphatic rings. The fourth-order valence-corrected chi connectivity index (χ4v) is 4.21. The number of hydrogen-bond donors (Lipinski definition) is 0. The zero-order valence-electron chi connectivity index (χ0n) is 16.9. The van der Waals surface area contributed by atoms with Crippen molar-refractivity contribution in [1.82, 2.24) is 24.4 Å². The number of fused-ring (bicyclic) bond motifs is 2. The molecule has 0 radical (unpaired) electrons. The number of rotatable bonds is 4. The van der Waals surface area contributed by atoms with Crippen molar-refractivity contribution in [1.29, 1.82) is 0 Å². The van der Waals surface area contributed by atoms with Crippen LogP contribution in [0, 0.1) is 11.8 Å². The molecule has 0 N–H and O–H groups in total. The van der Waals surface area contributed by atoms with Crippen LogP contribution in [-0.2, 0) is 19.8 Å². The molecule has 3 aromatic heterocycles. The van der Waals surface area contributed by atoms with Crippen LogP contribution < -0.4 is 4.74 Å². The largest absolute Gasteiger partial charge is 0.480 e. The average molecular weight is 455 g/mol. The second-order valence-electron chi connectivity index (χ2n) is 7.69. The van der Waals surface area contributed by atoms with E-state index < -0.39 is 11.7 Å². The van der Waals surface area contributed by atoms with Crippen molar-refractivity contribution >= 4 is 23.3 Å². The molecular formula is C20H21F4N5OS. The fourth-order valence-electron chi connectivity index (χ4n) is 3.83. The minimum absolute atomic E-state index is 0.162. The molecule has 3 aromatic rings. The zero-order valence-corrected chi connectivity index (χ0v) is 17.8. The van der Waals surface area contributed by atoms with Gasteiger partial charge in [0.2, 0.25) is 5.88 Å². The highest BCUT2D eigenvalue weighted by molar-refractivity contribution is 7.94. The maximum absolute atomic E-state index is 12.2. The van der Waals surface area contributed by atoms with Gasteiger partial charge < -0.3 is 9.30 Å². The van der Waals surface area contributed by atoms with E-state index in [-0.39, 0.29) is 22.9 Å². The molecule has 5 rings (SSSR count). The van der Waals surface area contributed by atoms with Gasteiger partial charge in [0.25, 0.3) is 0 Å². The van der Waals surface area contributed by atoms with E-state index in [2.05, 4.69) is 42.3 Å². The van der Waals surface area contributed by atoms with Crippen LogP contribution in [0.1, 0.15) is 17.8 Å². The van der Waals surface area contributed by atoms with E-state index in [9.17, 15) is 17.1 Å². The molecule has 166 valence electrons. The summed E-state index contributed by atoms with van der Waals surface area (Å²) in [5, 5.41) is 0. The highest BCUT2D eigenvalue weighted by Crippen LogP contribution is 2.45. The molecule has 2 fully saturated rings. The van der Waals surface area contributed by atoms with Gasteiger partial charge in [0.15, 0.2) is 5.65 Å². The molecule has 1 aliphatic heterocycles. The zero-order chi connectivity index (χ0) is 22.2. The maximum Gasteiger partial charge on any atom is 0.417 e. The normalized spacial score (nSPS) is 20.3. The summed E-state index contributed by atoms with van der Waals surface area (Å²) in [6.07, 6.45) is -0.660. The predicted octanol–water partition coefficient (Wildman–Crippen LogP) is 4.51. The van der Waals surface area contributed by atoms with Gasteiger partial charge in [-0.15, -0.1) is 0 Å². The van der Waals surface area contributed by atoms with Crippen LogP contribution in [0.25, 0.3) is 11.2 Å². The summed E-state index contributed by atoms with van der Waals surface area (Å²) in [5.41, 5.74) is 1.000. The number of likely N-dealkylation sites (tertiary alicyclic amines) is 1.